The first-order chi connectivity index (χ1) is 12.6. The molecule has 0 bridgehead atoms. The van der Waals surface area contributed by atoms with E-state index >= 15 is 0 Å². The molecule has 0 atom stereocenters. The van der Waals surface area contributed by atoms with Gasteiger partial charge in [-0.2, -0.15) is 0 Å². The lowest BCUT2D eigenvalue weighted by Crippen LogP contribution is -2.23. The highest BCUT2D eigenvalue weighted by atomic mass is 19.1. The second-order valence-corrected chi connectivity index (χ2v) is 6.24. The fourth-order valence-electron chi connectivity index (χ4n) is 3.30. The van der Waals surface area contributed by atoms with Crippen molar-refractivity contribution < 1.29 is 14.3 Å². The van der Waals surface area contributed by atoms with Crippen molar-refractivity contribution in [1.29, 1.82) is 0 Å². The number of rotatable bonds is 3. The molecule has 1 aliphatic heterocycles. The van der Waals surface area contributed by atoms with Gasteiger partial charge in [0.25, 0.3) is 0 Å². The number of aromatic carboxylic acids is 1. The average Bonchev–Trinajstić information content (AvgIpc) is 3.17. The standard InChI is InChI=1S/C19H16FN3O3/c20-15-10-13-16(24)14(19(25)26)11-23(12-6-2-1-3-7-12)17(13)21-18(15)22-8-4-5-9-22/h1-3,6-7,10-11H,4-5,8-9H2,(H,25,26). The predicted molar refractivity (Wildman–Crippen MR) is 95.7 cm³/mol. The van der Waals surface area contributed by atoms with Gasteiger partial charge in [0, 0.05) is 25.0 Å². The summed E-state index contributed by atoms with van der Waals surface area (Å²) in [5.74, 6) is -1.77. The SMILES string of the molecule is O=C(O)c1cn(-c2ccccc2)c2nc(N3CCCC3)c(F)cc2c1=O. The minimum atomic E-state index is -1.36. The number of para-hydroxylation sites is 1. The fourth-order valence-corrected chi connectivity index (χ4v) is 3.30. The molecule has 0 saturated carbocycles. The molecule has 0 radical (unpaired) electrons. The minimum absolute atomic E-state index is 0.0470. The van der Waals surface area contributed by atoms with Gasteiger partial charge in [-0.3, -0.25) is 4.79 Å². The van der Waals surface area contributed by atoms with E-state index in [4.69, 9.17) is 0 Å². The summed E-state index contributed by atoms with van der Waals surface area (Å²) >= 11 is 0. The molecule has 7 heteroatoms. The first-order valence-corrected chi connectivity index (χ1v) is 8.36. The Hall–Kier alpha value is -3.22. The van der Waals surface area contributed by atoms with Crippen LogP contribution < -0.4 is 10.3 Å². The summed E-state index contributed by atoms with van der Waals surface area (Å²) in [6, 6.07) is 10.1. The Morgan fingerprint density at radius 2 is 1.85 bits per heavy atom. The zero-order chi connectivity index (χ0) is 18.3. The van der Waals surface area contributed by atoms with E-state index in [1.165, 1.54) is 10.8 Å². The van der Waals surface area contributed by atoms with Crippen LogP contribution >= 0.6 is 0 Å². The average molecular weight is 353 g/mol. The predicted octanol–water partition coefficient (Wildman–Crippen LogP) is 2.82. The monoisotopic (exact) mass is 353 g/mol. The molecule has 4 rings (SSSR count). The van der Waals surface area contributed by atoms with Crippen LogP contribution in [-0.4, -0.2) is 33.7 Å². The van der Waals surface area contributed by atoms with Crippen molar-refractivity contribution in [2.45, 2.75) is 12.8 Å². The first kappa shape index (κ1) is 16.3. The van der Waals surface area contributed by atoms with Gasteiger partial charge < -0.3 is 14.6 Å². The third kappa shape index (κ3) is 2.61. The molecule has 132 valence electrons. The Labute approximate surface area is 148 Å². The van der Waals surface area contributed by atoms with E-state index in [-0.39, 0.29) is 16.9 Å². The van der Waals surface area contributed by atoms with E-state index in [0.717, 1.165) is 18.9 Å². The van der Waals surface area contributed by atoms with E-state index < -0.39 is 22.8 Å². The molecule has 1 N–H and O–H groups in total. The van der Waals surface area contributed by atoms with Crippen molar-refractivity contribution in [1.82, 2.24) is 9.55 Å². The van der Waals surface area contributed by atoms with Crippen LogP contribution in [0.2, 0.25) is 0 Å². The van der Waals surface area contributed by atoms with Crippen molar-refractivity contribution in [3.8, 4) is 5.69 Å². The summed E-state index contributed by atoms with van der Waals surface area (Å²) in [6.45, 7) is 1.41. The van der Waals surface area contributed by atoms with Crippen LogP contribution in [-0.2, 0) is 0 Å². The summed E-state index contributed by atoms with van der Waals surface area (Å²) in [4.78, 5) is 30.3. The van der Waals surface area contributed by atoms with Crippen LogP contribution in [0.25, 0.3) is 16.7 Å². The van der Waals surface area contributed by atoms with Crippen molar-refractivity contribution >= 4 is 22.8 Å². The second kappa shape index (κ2) is 6.25. The lowest BCUT2D eigenvalue weighted by Gasteiger charge is -2.19. The number of pyridine rings is 2. The maximum absolute atomic E-state index is 14.6. The van der Waals surface area contributed by atoms with E-state index in [1.807, 2.05) is 11.0 Å². The van der Waals surface area contributed by atoms with Gasteiger partial charge in [-0.25, -0.2) is 14.2 Å². The number of nitrogens with zero attached hydrogens (tertiary/aromatic N) is 3. The number of fused-ring (bicyclic) bond motifs is 1. The smallest absolute Gasteiger partial charge is 0.341 e. The van der Waals surface area contributed by atoms with Crippen molar-refractivity contribution in [2.24, 2.45) is 0 Å². The number of carboxylic acid groups (broad SMARTS) is 1. The Balaban J connectivity index is 2.06. The van der Waals surface area contributed by atoms with Crippen LogP contribution in [0.1, 0.15) is 23.2 Å². The number of halogens is 1. The van der Waals surface area contributed by atoms with Crippen molar-refractivity contribution in [2.75, 3.05) is 18.0 Å². The largest absolute Gasteiger partial charge is 0.477 e. The van der Waals surface area contributed by atoms with Gasteiger partial charge in [0.05, 0.1) is 5.39 Å². The summed E-state index contributed by atoms with van der Waals surface area (Å²) in [5.41, 5.74) is -0.267. The maximum Gasteiger partial charge on any atom is 0.341 e. The van der Waals surface area contributed by atoms with Crippen LogP contribution in [0.15, 0.2) is 47.4 Å². The van der Waals surface area contributed by atoms with Crippen molar-refractivity contribution in [3.63, 3.8) is 0 Å². The van der Waals surface area contributed by atoms with Crippen LogP contribution in [0, 0.1) is 5.82 Å². The topological polar surface area (TPSA) is 75.4 Å². The molecule has 0 unspecified atom stereocenters. The molecule has 2 aromatic heterocycles. The molecule has 3 aromatic rings. The molecule has 0 amide bonds. The van der Waals surface area contributed by atoms with Gasteiger partial charge in [0.2, 0.25) is 5.43 Å². The number of anilines is 1. The zero-order valence-electron chi connectivity index (χ0n) is 13.9. The second-order valence-electron chi connectivity index (χ2n) is 6.24. The lowest BCUT2D eigenvalue weighted by atomic mass is 10.1. The Bertz CT molecular complexity index is 1060. The first-order valence-electron chi connectivity index (χ1n) is 8.36. The molecular formula is C19H16FN3O3. The van der Waals surface area contributed by atoms with Crippen molar-refractivity contribution in [3.05, 3.63) is 64.2 Å². The van der Waals surface area contributed by atoms with Crippen LogP contribution in [0.4, 0.5) is 10.2 Å². The molecule has 1 aliphatic rings. The molecule has 6 nitrogen and oxygen atoms in total. The third-order valence-corrected chi connectivity index (χ3v) is 4.58. The van der Waals surface area contributed by atoms with E-state index in [1.54, 1.807) is 24.3 Å². The van der Waals surface area contributed by atoms with Gasteiger partial charge in [-0.1, -0.05) is 18.2 Å². The summed E-state index contributed by atoms with van der Waals surface area (Å²) in [5, 5.41) is 9.31. The molecule has 0 spiro atoms. The molecule has 1 fully saturated rings. The number of benzene rings is 1. The summed E-state index contributed by atoms with van der Waals surface area (Å²) in [6.07, 6.45) is 3.17. The highest BCUT2D eigenvalue weighted by molar-refractivity contribution is 5.92. The molecule has 1 saturated heterocycles. The number of carboxylic acids is 1. The van der Waals surface area contributed by atoms with Gasteiger partial charge in [0.15, 0.2) is 17.3 Å². The minimum Gasteiger partial charge on any atom is -0.477 e. The van der Waals surface area contributed by atoms with Crippen LogP contribution in [0.3, 0.4) is 0 Å². The normalized spacial score (nSPS) is 14.1. The van der Waals surface area contributed by atoms with Crippen LogP contribution in [0.5, 0.6) is 0 Å². The molecule has 3 heterocycles. The van der Waals surface area contributed by atoms with E-state index in [2.05, 4.69) is 4.98 Å². The quantitative estimate of drug-likeness (QED) is 0.784. The van der Waals surface area contributed by atoms with E-state index in [9.17, 15) is 19.1 Å². The van der Waals surface area contributed by atoms with Gasteiger partial charge in [-0.15, -0.1) is 0 Å². The van der Waals surface area contributed by atoms with Gasteiger partial charge in [-0.05, 0) is 31.0 Å². The number of aromatic nitrogens is 2. The molecule has 26 heavy (non-hydrogen) atoms. The zero-order valence-corrected chi connectivity index (χ0v) is 13.9. The highest BCUT2D eigenvalue weighted by Crippen LogP contribution is 2.25. The Kier molecular flexibility index (Phi) is 3.91. The Morgan fingerprint density at radius 3 is 2.50 bits per heavy atom. The number of hydrogen-bond acceptors (Lipinski definition) is 4. The number of hydrogen-bond donors (Lipinski definition) is 1. The third-order valence-electron chi connectivity index (χ3n) is 4.58. The maximum atomic E-state index is 14.6. The Morgan fingerprint density at radius 1 is 1.15 bits per heavy atom. The summed E-state index contributed by atoms with van der Waals surface area (Å²) in [7, 11) is 0. The lowest BCUT2D eigenvalue weighted by molar-refractivity contribution is 0.0695. The molecule has 0 aliphatic carbocycles. The molecule has 1 aromatic carbocycles. The van der Waals surface area contributed by atoms with Gasteiger partial charge in [0.1, 0.15) is 5.56 Å². The highest BCUT2D eigenvalue weighted by Gasteiger charge is 2.22. The number of carbonyl (C=O) groups is 1. The van der Waals surface area contributed by atoms with E-state index in [0.29, 0.717) is 18.8 Å². The summed E-state index contributed by atoms with van der Waals surface area (Å²) < 4.78 is 16.1. The fraction of sp³-hybridized carbons (Fsp3) is 0.211. The molecular weight excluding hydrogens is 337 g/mol. The van der Waals surface area contributed by atoms with Gasteiger partial charge >= 0.3 is 5.97 Å².